The maximum absolute atomic E-state index is 15.0. The minimum absolute atomic E-state index is 0.0206. The molecule has 3 N–H and O–H groups in total. The van der Waals surface area contributed by atoms with Gasteiger partial charge in [-0.3, -0.25) is 13.6 Å². The van der Waals surface area contributed by atoms with Gasteiger partial charge in [-0.15, -0.1) is 0 Å². The van der Waals surface area contributed by atoms with Gasteiger partial charge in [0.1, 0.15) is 17.7 Å². The number of nitrogens with zero attached hydrogens (tertiary/aromatic N) is 2. The Hall–Kier alpha value is -2.02. The Bertz CT molecular complexity index is 1090. The van der Waals surface area contributed by atoms with Gasteiger partial charge in [0.2, 0.25) is 0 Å². The number of nitrogen functional groups attached to an aromatic ring is 1. The van der Waals surface area contributed by atoms with Gasteiger partial charge in [-0.2, -0.15) is 4.98 Å². The van der Waals surface area contributed by atoms with Crippen molar-refractivity contribution in [3.05, 3.63) is 52.6 Å². The van der Waals surface area contributed by atoms with Crippen molar-refractivity contribution in [1.82, 2.24) is 9.55 Å². The fourth-order valence-corrected chi connectivity index (χ4v) is 5.05. The van der Waals surface area contributed by atoms with E-state index in [1.807, 2.05) is 0 Å². The summed E-state index contributed by atoms with van der Waals surface area (Å²) < 4.78 is 65.1. The Morgan fingerprint density at radius 3 is 2.87 bits per heavy atom. The van der Waals surface area contributed by atoms with E-state index < -0.39 is 49.5 Å². The molecule has 168 valence electrons. The molecule has 1 aromatic heterocycles. The molecule has 0 saturated carbocycles. The number of aliphatic hydroxyl groups excluding tert-OH is 1. The summed E-state index contributed by atoms with van der Waals surface area (Å²) in [5, 5.41) is 10.2. The number of hydrogen-bond acceptors (Lipinski definition) is 9. The predicted molar refractivity (Wildman–Crippen MR) is 105 cm³/mol. The van der Waals surface area contributed by atoms with Crippen molar-refractivity contribution in [2.24, 2.45) is 0 Å². The van der Waals surface area contributed by atoms with Gasteiger partial charge in [0.15, 0.2) is 18.0 Å². The van der Waals surface area contributed by atoms with Gasteiger partial charge in [0.25, 0.3) is 6.43 Å². The number of halogens is 3. The number of ether oxygens (including phenoxy) is 1. The van der Waals surface area contributed by atoms with E-state index in [-0.39, 0.29) is 12.4 Å². The van der Waals surface area contributed by atoms with Crippen molar-refractivity contribution in [2.45, 2.75) is 37.1 Å². The van der Waals surface area contributed by atoms with Crippen molar-refractivity contribution in [3.8, 4) is 5.75 Å². The normalized spacial score (nSPS) is 32.6. The molecule has 2 aromatic rings. The number of fused-ring (bicyclic) bond motifs is 1. The van der Waals surface area contributed by atoms with E-state index in [4.69, 9.17) is 35.8 Å². The van der Waals surface area contributed by atoms with Crippen LogP contribution in [0.25, 0.3) is 0 Å². The first kappa shape index (κ1) is 22.2. The van der Waals surface area contributed by atoms with Gasteiger partial charge in [0.05, 0.1) is 13.2 Å². The van der Waals surface area contributed by atoms with Gasteiger partial charge in [0, 0.05) is 23.6 Å². The number of hydrogen-bond donors (Lipinski definition) is 2. The number of aliphatic hydroxyl groups is 1. The summed E-state index contributed by atoms with van der Waals surface area (Å²) >= 11 is 5.21. The Morgan fingerprint density at radius 1 is 1.42 bits per heavy atom. The molecule has 1 saturated heterocycles. The van der Waals surface area contributed by atoms with Crippen LogP contribution in [0.3, 0.4) is 0 Å². The summed E-state index contributed by atoms with van der Waals surface area (Å²) in [5.74, 6) is 0.225. The average molecular weight is 479 g/mol. The lowest BCUT2D eigenvalue weighted by Crippen LogP contribution is -2.50. The second kappa shape index (κ2) is 8.15. The summed E-state index contributed by atoms with van der Waals surface area (Å²) in [6, 6.07) is 7.94. The Kier molecular flexibility index (Phi) is 5.83. The first-order chi connectivity index (χ1) is 14.7. The smallest absolute Gasteiger partial charge is 0.381 e. The molecule has 14 heteroatoms. The number of anilines is 1. The van der Waals surface area contributed by atoms with E-state index in [0.29, 0.717) is 15.9 Å². The number of rotatable bonds is 5. The SMILES string of the molecule is Nc1ccn([C@@H]2O[C@@](COP3(=S)OCc4ccccc4O3)(C(F)F)[C@H](F)[C@H]2O)c(=O)n1. The van der Waals surface area contributed by atoms with Crippen LogP contribution in [0.4, 0.5) is 19.0 Å². The monoisotopic (exact) mass is 479 g/mol. The molecule has 1 unspecified atom stereocenters. The number of benzene rings is 1. The van der Waals surface area contributed by atoms with Crippen LogP contribution < -0.4 is 15.9 Å². The van der Waals surface area contributed by atoms with E-state index in [9.17, 15) is 23.1 Å². The average Bonchev–Trinajstić information content (AvgIpc) is 2.98. The van der Waals surface area contributed by atoms with Gasteiger partial charge in [-0.1, -0.05) is 18.2 Å². The van der Waals surface area contributed by atoms with Crippen molar-refractivity contribution < 1.29 is 36.6 Å². The summed E-state index contributed by atoms with van der Waals surface area (Å²) in [5.41, 5.74) is 2.13. The summed E-state index contributed by atoms with van der Waals surface area (Å²) in [4.78, 5) is 15.4. The highest BCUT2D eigenvalue weighted by Crippen LogP contribution is 2.56. The van der Waals surface area contributed by atoms with Crippen molar-refractivity contribution in [1.29, 1.82) is 0 Å². The Labute approximate surface area is 178 Å². The number of para-hydroxylation sites is 1. The first-order valence-electron chi connectivity index (χ1n) is 8.94. The maximum Gasteiger partial charge on any atom is 0.381 e. The third-order valence-electron chi connectivity index (χ3n) is 4.90. The number of nitrogens with two attached hydrogens (primary N) is 1. The van der Waals surface area contributed by atoms with Crippen LogP contribution >= 0.6 is 6.72 Å². The molecule has 5 atom stereocenters. The summed E-state index contributed by atoms with van der Waals surface area (Å²) in [6.07, 6.45) is -8.92. The van der Waals surface area contributed by atoms with Crippen LogP contribution in [0.15, 0.2) is 41.3 Å². The molecule has 0 bridgehead atoms. The highest BCUT2D eigenvalue weighted by Gasteiger charge is 2.62. The van der Waals surface area contributed by atoms with Crippen LogP contribution in [0, 0.1) is 0 Å². The number of aromatic nitrogens is 2. The third-order valence-corrected chi connectivity index (χ3v) is 7.07. The Balaban J connectivity index is 1.58. The van der Waals surface area contributed by atoms with Gasteiger partial charge in [-0.25, -0.2) is 18.0 Å². The summed E-state index contributed by atoms with van der Waals surface area (Å²) in [6.45, 7) is -4.63. The third kappa shape index (κ3) is 3.97. The molecule has 0 amide bonds. The van der Waals surface area contributed by atoms with E-state index in [2.05, 4.69) is 4.98 Å². The largest absolute Gasteiger partial charge is 0.424 e. The topological polar surface area (TPSA) is 118 Å². The zero-order valence-corrected chi connectivity index (χ0v) is 17.3. The molecule has 0 aliphatic carbocycles. The minimum Gasteiger partial charge on any atom is -0.424 e. The van der Waals surface area contributed by atoms with Crippen LogP contribution in [-0.4, -0.2) is 45.6 Å². The molecular weight excluding hydrogens is 462 g/mol. The molecule has 9 nitrogen and oxygen atoms in total. The van der Waals surface area contributed by atoms with Crippen LogP contribution in [0.5, 0.6) is 5.75 Å². The first-order valence-corrected chi connectivity index (χ1v) is 11.5. The van der Waals surface area contributed by atoms with Gasteiger partial charge in [-0.05, 0) is 12.1 Å². The lowest BCUT2D eigenvalue weighted by molar-refractivity contribution is -0.183. The summed E-state index contributed by atoms with van der Waals surface area (Å²) in [7, 11) is 0. The van der Waals surface area contributed by atoms with Crippen LogP contribution in [0.1, 0.15) is 11.8 Å². The van der Waals surface area contributed by atoms with Crippen LogP contribution in [-0.2, 0) is 32.2 Å². The lowest BCUT2D eigenvalue weighted by atomic mass is 9.98. The highest BCUT2D eigenvalue weighted by molar-refractivity contribution is 8.07. The molecule has 2 aliphatic heterocycles. The standard InChI is InChI=1S/C17H17F3N3O6PS/c18-13-12(24)14(23-6-5-11(21)22-16(23)25)28-17(13,15(19)20)8-27-30(31)26-7-9-3-1-2-4-10(9)29-30/h1-6,12-15,24H,7-8H2,(H2,21,22,25)/t12-,13-,14-,17-,30?/m1/s1. The zero-order chi connectivity index (χ0) is 22.4. The number of alkyl halides is 3. The maximum atomic E-state index is 15.0. The fraction of sp³-hybridized carbons (Fsp3) is 0.412. The molecule has 0 radical (unpaired) electrons. The van der Waals surface area contributed by atoms with E-state index in [0.717, 1.165) is 6.20 Å². The van der Waals surface area contributed by atoms with E-state index in [1.54, 1.807) is 24.3 Å². The molecule has 2 aliphatic rings. The molecule has 4 rings (SSSR count). The molecule has 31 heavy (non-hydrogen) atoms. The quantitative estimate of drug-likeness (QED) is 0.620. The van der Waals surface area contributed by atoms with Crippen LogP contribution in [0.2, 0.25) is 0 Å². The Morgan fingerprint density at radius 2 is 2.16 bits per heavy atom. The van der Waals surface area contributed by atoms with Crippen molar-refractivity contribution >= 4 is 24.3 Å². The zero-order valence-electron chi connectivity index (χ0n) is 15.6. The molecular formula is C17H17F3N3O6PS. The van der Waals surface area contributed by atoms with Gasteiger partial charge >= 0.3 is 12.4 Å². The second-order valence-electron chi connectivity index (χ2n) is 6.89. The molecule has 1 aromatic carbocycles. The second-order valence-corrected chi connectivity index (χ2v) is 9.83. The lowest BCUT2D eigenvalue weighted by Gasteiger charge is -2.33. The molecule has 0 spiro atoms. The fourth-order valence-electron chi connectivity index (χ4n) is 3.23. The van der Waals surface area contributed by atoms with E-state index >= 15 is 0 Å². The van der Waals surface area contributed by atoms with Crippen molar-refractivity contribution in [3.63, 3.8) is 0 Å². The highest BCUT2D eigenvalue weighted by atomic mass is 32.5. The molecule has 3 heterocycles. The minimum atomic E-state index is -3.56. The van der Waals surface area contributed by atoms with Crippen molar-refractivity contribution in [2.75, 3.05) is 12.3 Å². The van der Waals surface area contributed by atoms with Gasteiger partial charge < -0.3 is 20.1 Å². The predicted octanol–water partition coefficient (Wildman–Crippen LogP) is 1.91. The molecule has 1 fully saturated rings. The van der Waals surface area contributed by atoms with E-state index in [1.165, 1.54) is 6.07 Å².